The van der Waals surface area contributed by atoms with Crippen LogP contribution in [0.4, 0.5) is 0 Å². The zero-order valence-electron chi connectivity index (χ0n) is 13.1. The van der Waals surface area contributed by atoms with Gasteiger partial charge >= 0.3 is 5.97 Å². The first-order valence-electron chi connectivity index (χ1n) is 7.47. The molecule has 0 unspecified atom stereocenters. The summed E-state index contributed by atoms with van der Waals surface area (Å²) in [4.78, 5) is 26.3. The van der Waals surface area contributed by atoms with Crippen molar-refractivity contribution in [2.75, 3.05) is 26.3 Å². The van der Waals surface area contributed by atoms with E-state index in [-0.39, 0.29) is 18.4 Å². The highest BCUT2D eigenvalue weighted by Gasteiger charge is 2.55. The Bertz CT molecular complexity index is 639. The van der Waals surface area contributed by atoms with Crippen LogP contribution in [0, 0.1) is 25.2 Å². The lowest BCUT2D eigenvalue weighted by molar-refractivity contribution is -0.157. The maximum absolute atomic E-state index is 12.8. The molecule has 0 radical (unpaired) electrons. The van der Waals surface area contributed by atoms with Crippen molar-refractivity contribution in [1.29, 1.82) is 0 Å². The van der Waals surface area contributed by atoms with Gasteiger partial charge in [0.2, 0.25) is 0 Å². The number of ether oxygens (including phenoxy) is 1. The molecule has 3 heterocycles. The Labute approximate surface area is 128 Å². The Morgan fingerprint density at radius 3 is 2.68 bits per heavy atom. The van der Waals surface area contributed by atoms with E-state index in [1.165, 1.54) is 0 Å². The second-order valence-electron chi connectivity index (χ2n) is 6.34. The predicted octanol–water partition coefficient (Wildman–Crippen LogP) is 0.600. The fourth-order valence-corrected chi connectivity index (χ4v) is 3.70. The predicted molar refractivity (Wildman–Crippen MR) is 77.6 cm³/mol. The SMILES string of the molecule is Cc1nn(C)c(C)c1C(=O)N1C[C@H]2COCC[C@@]2(C(=O)O)C1. The van der Waals surface area contributed by atoms with E-state index in [9.17, 15) is 14.7 Å². The van der Waals surface area contributed by atoms with Crippen LogP contribution in [0.1, 0.15) is 28.2 Å². The lowest BCUT2D eigenvalue weighted by Gasteiger charge is -2.33. The molecule has 0 aromatic carbocycles. The molecule has 2 saturated heterocycles. The van der Waals surface area contributed by atoms with Crippen LogP contribution in [-0.2, 0) is 16.6 Å². The lowest BCUT2D eigenvalue weighted by Crippen LogP contribution is -2.45. The lowest BCUT2D eigenvalue weighted by atomic mass is 9.74. The van der Waals surface area contributed by atoms with Crippen molar-refractivity contribution < 1.29 is 19.4 Å². The topological polar surface area (TPSA) is 84.7 Å². The minimum Gasteiger partial charge on any atom is -0.481 e. The molecule has 1 aromatic heterocycles. The highest BCUT2D eigenvalue weighted by molar-refractivity contribution is 5.97. The van der Waals surface area contributed by atoms with Gasteiger partial charge in [0.1, 0.15) is 0 Å². The fraction of sp³-hybridized carbons (Fsp3) is 0.667. The van der Waals surface area contributed by atoms with Gasteiger partial charge in [0.05, 0.1) is 23.3 Å². The maximum Gasteiger partial charge on any atom is 0.311 e. The Morgan fingerprint density at radius 2 is 2.14 bits per heavy atom. The average Bonchev–Trinajstić information content (AvgIpc) is 2.98. The highest BCUT2D eigenvalue weighted by atomic mass is 16.5. The van der Waals surface area contributed by atoms with E-state index in [0.717, 1.165) is 5.69 Å². The molecule has 7 heteroatoms. The summed E-state index contributed by atoms with van der Waals surface area (Å²) >= 11 is 0. The average molecular weight is 307 g/mol. The Morgan fingerprint density at radius 1 is 1.41 bits per heavy atom. The first-order valence-corrected chi connectivity index (χ1v) is 7.47. The van der Waals surface area contributed by atoms with Gasteiger partial charge in [0, 0.05) is 38.4 Å². The number of rotatable bonds is 2. The molecule has 1 amide bonds. The fourth-order valence-electron chi connectivity index (χ4n) is 3.70. The summed E-state index contributed by atoms with van der Waals surface area (Å²) in [6.45, 7) is 5.19. The second kappa shape index (κ2) is 5.08. The van der Waals surface area contributed by atoms with Gasteiger partial charge in [-0.25, -0.2) is 0 Å². The van der Waals surface area contributed by atoms with E-state index in [0.29, 0.717) is 37.4 Å². The van der Waals surface area contributed by atoms with E-state index in [4.69, 9.17) is 4.74 Å². The molecule has 0 bridgehead atoms. The van der Waals surface area contributed by atoms with Gasteiger partial charge in [-0.2, -0.15) is 5.10 Å². The number of amides is 1. The van der Waals surface area contributed by atoms with Crippen molar-refractivity contribution in [1.82, 2.24) is 14.7 Å². The number of hydrogen-bond donors (Lipinski definition) is 1. The summed E-state index contributed by atoms with van der Waals surface area (Å²) < 4.78 is 7.11. The molecule has 0 spiro atoms. The Hall–Kier alpha value is -1.89. The normalized spacial score (nSPS) is 27.8. The molecule has 2 aliphatic rings. The first kappa shape index (κ1) is 15.0. The molecule has 0 aliphatic carbocycles. The number of carbonyl (C=O) groups excluding carboxylic acids is 1. The second-order valence-corrected chi connectivity index (χ2v) is 6.34. The van der Waals surface area contributed by atoms with Crippen LogP contribution in [-0.4, -0.2) is 58.0 Å². The highest BCUT2D eigenvalue weighted by Crippen LogP contribution is 2.43. The summed E-state index contributed by atoms with van der Waals surface area (Å²) in [6, 6.07) is 0. The number of carboxylic acids is 1. The van der Waals surface area contributed by atoms with Crippen molar-refractivity contribution in [3.8, 4) is 0 Å². The minimum atomic E-state index is -0.863. The van der Waals surface area contributed by atoms with Gasteiger partial charge in [-0.3, -0.25) is 14.3 Å². The molecule has 2 fully saturated rings. The Kier molecular flexibility index (Phi) is 3.47. The van der Waals surface area contributed by atoms with Crippen molar-refractivity contribution in [3.63, 3.8) is 0 Å². The number of carbonyl (C=O) groups is 2. The third-order valence-corrected chi connectivity index (χ3v) is 5.14. The molecule has 120 valence electrons. The maximum atomic E-state index is 12.8. The minimum absolute atomic E-state index is 0.127. The quantitative estimate of drug-likeness (QED) is 0.865. The summed E-state index contributed by atoms with van der Waals surface area (Å²) in [5.74, 6) is -1.09. The summed E-state index contributed by atoms with van der Waals surface area (Å²) in [5, 5.41) is 13.9. The molecule has 7 nitrogen and oxygen atoms in total. The van der Waals surface area contributed by atoms with Crippen LogP contribution in [0.15, 0.2) is 0 Å². The molecule has 1 N–H and O–H groups in total. The standard InChI is InChI=1S/C15H21N3O4/c1-9-12(10(2)17(3)16-9)13(19)18-6-11-7-22-5-4-15(11,8-18)14(20)21/h11H,4-8H2,1-3H3,(H,20,21)/t11-,15+/m0/s1. The van der Waals surface area contributed by atoms with Gasteiger partial charge < -0.3 is 14.7 Å². The largest absolute Gasteiger partial charge is 0.481 e. The number of aliphatic carboxylic acids is 1. The third-order valence-electron chi connectivity index (χ3n) is 5.14. The molecule has 0 saturated carbocycles. The summed E-state index contributed by atoms with van der Waals surface area (Å²) in [6.07, 6.45) is 0.460. The van der Waals surface area contributed by atoms with Crippen molar-refractivity contribution in [2.45, 2.75) is 20.3 Å². The number of carboxylic acid groups (broad SMARTS) is 1. The van der Waals surface area contributed by atoms with Crippen LogP contribution >= 0.6 is 0 Å². The molecule has 22 heavy (non-hydrogen) atoms. The van der Waals surface area contributed by atoms with E-state index >= 15 is 0 Å². The zero-order valence-corrected chi connectivity index (χ0v) is 13.1. The number of aryl methyl sites for hydroxylation is 2. The molecular weight excluding hydrogens is 286 g/mol. The number of likely N-dealkylation sites (tertiary alicyclic amines) is 1. The first-order chi connectivity index (χ1) is 10.4. The van der Waals surface area contributed by atoms with E-state index in [2.05, 4.69) is 5.10 Å². The number of hydrogen-bond acceptors (Lipinski definition) is 4. The van der Waals surface area contributed by atoms with Crippen LogP contribution in [0.25, 0.3) is 0 Å². The number of fused-ring (bicyclic) bond motifs is 1. The van der Waals surface area contributed by atoms with Gasteiger partial charge in [-0.05, 0) is 20.3 Å². The molecular formula is C15H21N3O4. The van der Waals surface area contributed by atoms with E-state index in [1.807, 2.05) is 6.92 Å². The van der Waals surface area contributed by atoms with Crippen LogP contribution in [0.2, 0.25) is 0 Å². The third kappa shape index (κ3) is 2.03. The van der Waals surface area contributed by atoms with Crippen LogP contribution in [0.3, 0.4) is 0 Å². The van der Waals surface area contributed by atoms with Gasteiger partial charge in [-0.15, -0.1) is 0 Å². The van der Waals surface area contributed by atoms with Crippen LogP contribution in [0.5, 0.6) is 0 Å². The van der Waals surface area contributed by atoms with Crippen molar-refractivity contribution >= 4 is 11.9 Å². The molecule has 1 aromatic rings. The zero-order chi connectivity index (χ0) is 16.1. The number of nitrogens with zero attached hydrogens (tertiary/aromatic N) is 3. The van der Waals surface area contributed by atoms with Gasteiger partial charge in [-0.1, -0.05) is 0 Å². The molecule has 2 aliphatic heterocycles. The van der Waals surface area contributed by atoms with Crippen LogP contribution < -0.4 is 0 Å². The van der Waals surface area contributed by atoms with E-state index in [1.54, 1.807) is 23.6 Å². The van der Waals surface area contributed by atoms with E-state index < -0.39 is 11.4 Å². The Balaban J connectivity index is 1.91. The monoisotopic (exact) mass is 307 g/mol. The smallest absolute Gasteiger partial charge is 0.311 e. The summed E-state index contributed by atoms with van der Waals surface area (Å²) in [7, 11) is 1.80. The van der Waals surface area contributed by atoms with Crippen molar-refractivity contribution in [2.24, 2.45) is 18.4 Å². The van der Waals surface area contributed by atoms with Gasteiger partial charge in [0.15, 0.2) is 0 Å². The van der Waals surface area contributed by atoms with Crippen molar-refractivity contribution in [3.05, 3.63) is 17.0 Å². The molecule has 2 atom stereocenters. The molecule has 3 rings (SSSR count). The van der Waals surface area contributed by atoms with Gasteiger partial charge in [0.25, 0.3) is 5.91 Å². The summed E-state index contributed by atoms with van der Waals surface area (Å²) in [5.41, 5.74) is 1.21. The number of aromatic nitrogens is 2.